The van der Waals surface area contributed by atoms with Gasteiger partial charge in [-0.1, -0.05) is 67.4 Å². The van der Waals surface area contributed by atoms with Crippen LogP contribution in [0.2, 0.25) is 5.02 Å². The van der Waals surface area contributed by atoms with Crippen molar-refractivity contribution in [3.63, 3.8) is 0 Å². The van der Waals surface area contributed by atoms with E-state index < -0.39 is 0 Å². The van der Waals surface area contributed by atoms with Crippen LogP contribution in [0.4, 0.5) is 0 Å². The lowest BCUT2D eigenvalue weighted by Gasteiger charge is -2.10. The molecule has 3 nitrogen and oxygen atoms in total. The van der Waals surface area contributed by atoms with E-state index in [9.17, 15) is 0 Å². The lowest BCUT2D eigenvalue weighted by Crippen LogP contribution is -2.12. The highest BCUT2D eigenvalue weighted by atomic mass is 35.5. The number of nitrogens with one attached hydrogen (secondary N) is 1. The quantitative estimate of drug-likeness (QED) is 0.358. The molecule has 4 heteroatoms. The number of nitrogens with zero attached hydrogens (tertiary/aromatic N) is 1. The summed E-state index contributed by atoms with van der Waals surface area (Å²) in [6.45, 7) is 6.64. The van der Waals surface area contributed by atoms with Crippen LogP contribution in [0.3, 0.4) is 0 Å². The smallest absolute Gasteiger partial charge is 0.118 e. The number of halogens is 1. The molecule has 0 fully saturated rings. The number of ether oxygens (including phenoxy) is 1. The fourth-order valence-corrected chi connectivity index (χ4v) is 3.76. The van der Waals surface area contributed by atoms with Crippen LogP contribution in [0.1, 0.15) is 47.6 Å². The largest absolute Gasteiger partial charge is 0.497 e. The van der Waals surface area contributed by atoms with Crippen LogP contribution in [0, 0.1) is 6.92 Å². The van der Waals surface area contributed by atoms with Crippen LogP contribution in [0.15, 0.2) is 71.7 Å². The lowest BCUT2D eigenvalue weighted by molar-refractivity contribution is 0.414. The van der Waals surface area contributed by atoms with Crippen molar-refractivity contribution in [2.75, 3.05) is 7.11 Å². The van der Waals surface area contributed by atoms with Crippen molar-refractivity contribution in [1.29, 1.82) is 0 Å². The van der Waals surface area contributed by atoms with Gasteiger partial charge in [0.15, 0.2) is 0 Å². The van der Waals surface area contributed by atoms with Crippen LogP contribution in [0.25, 0.3) is 0 Å². The van der Waals surface area contributed by atoms with Gasteiger partial charge in [-0.15, -0.1) is 0 Å². The van der Waals surface area contributed by atoms with E-state index in [2.05, 4.69) is 61.6 Å². The first-order chi connectivity index (χ1) is 15.1. The standard InChI is InChI=1S/C27H31ClN2O/c1-4-5-27(26-15-12-24(28)16-20(26)2)30-19-23-8-6-21(7-9-23)17-29-18-22-10-13-25(31-3)14-11-22/h6-16,29H,4-5,17-19H2,1-3H3. The maximum Gasteiger partial charge on any atom is 0.118 e. The fraction of sp³-hybridized carbons (Fsp3) is 0.296. The second kappa shape index (κ2) is 11.7. The summed E-state index contributed by atoms with van der Waals surface area (Å²) in [5.41, 5.74) is 7.26. The van der Waals surface area contributed by atoms with Gasteiger partial charge in [0.05, 0.1) is 13.7 Å². The summed E-state index contributed by atoms with van der Waals surface area (Å²) in [4.78, 5) is 4.94. The molecule has 0 aromatic heterocycles. The molecule has 31 heavy (non-hydrogen) atoms. The van der Waals surface area contributed by atoms with Crippen molar-refractivity contribution in [3.8, 4) is 5.75 Å². The molecule has 0 aliphatic carbocycles. The van der Waals surface area contributed by atoms with Gasteiger partial charge in [0.2, 0.25) is 0 Å². The maximum atomic E-state index is 6.12. The molecule has 0 saturated carbocycles. The van der Waals surface area contributed by atoms with Gasteiger partial charge < -0.3 is 10.1 Å². The molecule has 1 N–H and O–H groups in total. The highest BCUT2D eigenvalue weighted by Gasteiger charge is 2.07. The molecule has 0 saturated heterocycles. The zero-order valence-electron chi connectivity index (χ0n) is 18.6. The Kier molecular flexibility index (Phi) is 8.69. The summed E-state index contributed by atoms with van der Waals surface area (Å²) in [5.74, 6) is 0.885. The monoisotopic (exact) mass is 434 g/mol. The van der Waals surface area contributed by atoms with Crippen LogP contribution in [0.5, 0.6) is 5.75 Å². The van der Waals surface area contributed by atoms with E-state index in [0.717, 1.165) is 42.4 Å². The Morgan fingerprint density at radius 2 is 1.52 bits per heavy atom. The molecular formula is C27H31ClN2O. The molecule has 0 radical (unpaired) electrons. The Hall–Kier alpha value is -2.62. The Labute approximate surface area is 191 Å². The van der Waals surface area contributed by atoms with Crippen molar-refractivity contribution >= 4 is 17.3 Å². The van der Waals surface area contributed by atoms with Gasteiger partial charge in [0.1, 0.15) is 5.75 Å². The summed E-state index contributed by atoms with van der Waals surface area (Å²) in [7, 11) is 1.69. The molecule has 0 amide bonds. The fourth-order valence-electron chi connectivity index (χ4n) is 3.53. The third-order valence-electron chi connectivity index (χ3n) is 5.28. The molecule has 0 unspecified atom stereocenters. The first-order valence-corrected chi connectivity index (χ1v) is 11.2. The summed E-state index contributed by atoms with van der Waals surface area (Å²) in [5, 5.41) is 4.27. The van der Waals surface area contributed by atoms with E-state index in [1.807, 2.05) is 24.3 Å². The van der Waals surface area contributed by atoms with E-state index in [4.69, 9.17) is 21.3 Å². The number of hydrogen-bond acceptors (Lipinski definition) is 3. The van der Waals surface area contributed by atoms with Gasteiger partial charge in [-0.3, -0.25) is 4.99 Å². The molecule has 0 aliphatic rings. The lowest BCUT2D eigenvalue weighted by atomic mass is 10.0. The van der Waals surface area contributed by atoms with Crippen molar-refractivity contribution in [2.24, 2.45) is 4.99 Å². The first-order valence-electron chi connectivity index (χ1n) is 10.8. The first kappa shape index (κ1) is 23.1. The molecule has 3 aromatic rings. The van der Waals surface area contributed by atoms with Crippen molar-refractivity contribution in [1.82, 2.24) is 5.32 Å². The molecule has 0 bridgehead atoms. The van der Waals surface area contributed by atoms with Gasteiger partial charge in [-0.2, -0.15) is 0 Å². The third-order valence-corrected chi connectivity index (χ3v) is 5.51. The SMILES string of the molecule is CCCC(=NCc1ccc(CNCc2ccc(OC)cc2)cc1)c1ccc(Cl)cc1C. The number of hydrogen-bond donors (Lipinski definition) is 1. The number of rotatable bonds is 10. The Morgan fingerprint density at radius 1 is 0.903 bits per heavy atom. The van der Waals surface area contributed by atoms with Gasteiger partial charge >= 0.3 is 0 Å². The predicted molar refractivity (Wildman–Crippen MR) is 131 cm³/mol. The predicted octanol–water partition coefficient (Wildman–Crippen LogP) is 6.74. The highest BCUT2D eigenvalue weighted by molar-refractivity contribution is 6.30. The van der Waals surface area contributed by atoms with Gasteiger partial charge in [-0.25, -0.2) is 0 Å². The summed E-state index contributed by atoms with van der Waals surface area (Å²) in [6.07, 6.45) is 2.04. The average molecular weight is 435 g/mol. The van der Waals surface area contributed by atoms with Crippen LogP contribution in [-0.2, 0) is 19.6 Å². The molecule has 0 spiro atoms. The zero-order valence-corrected chi connectivity index (χ0v) is 19.4. The summed E-state index contributed by atoms with van der Waals surface area (Å²) < 4.78 is 5.20. The van der Waals surface area contributed by atoms with Crippen molar-refractivity contribution in [2.45, 2.75) is 46.3 Å². The Bertz CT molecular complexity index is 995. The molecule has 3 aromatic carbocycles. The Morgan fingerprint density at radius 3 is 2.10 bits per heavy atom. The van der Waals surface area contributed by atoms with E-state index >= 15 is 0 Å². The zero-order chi connectivity index (χ0) is 22.1. The number of benzene rings is 3. The molecule has 0 heterocycles. The van der Waals surface area contributed by atoms with E-state index in [1.165, 1.54) is 27.8 Å². The van der Waals surface area contributed by atoms with Gasteiger partial charge in [0.25, 0.3) is 0 Å². The van der Waals surface area contributed by atoms with Crippen LogP contribution >= 0.6 is 11.6 Å². The molecule has 0 aliphatic heterocycles. The van der Waals surface area contributed by atoms with Crippen molar-refractivity contribution in [3.05, 3.63) is 99.6 Å². The number of aryl methyl sites for hydroxylation is 1. The maximum absolute atomic E-state index is 6.12. The van der Waals surface area contributed by atoms with E-state index in [-0.39, 0.29) is 0 Å². The second-order valence-corrected chi connectivity index (χ2v) is 8.18. The van der Waals surface area contributed by atoms with Crippen LogP contribution in [-0.4, -0.2) is 12.8 Å². The van der Waals surface area contributed by atoms with E-state index in [0.29, 0.717) is 6.54 Å². The van der Waals surface area contributed by atoms with Gasteiger partial charge in [0, 0.05) is 23.8 Å². The number of methoxy groups -OCH3 is 1. The van der Waals surface area contributed by atoms with E-state index in [1.54, 1.807) is 7.11 Å². The Balaban J connectivity index is 1.57. The molecular weight excluding hydrogens is 404 g/mol. The number of aliphatic imine (C=N–C) groups is 1. The second-order valence-electron chi connectivity index (χ2n) is 7.74. The normalized spacial score (nSPS) is 11.5. The minimum atomic E-state index is 0.691. The van der Waals surface area contributed by atoms with Gasteiger partial charge in [-0.05, 0) is 65.4 Å². The minimum absolute atomic E-state index is 0.691. The van der Waals surface area contributed by atoms with Crippen molar-refractivity contribution < 1.29 is 4.74 Å². The molecule has 162 valence electrons. The van der Waals surface area contributed by atoms with Crippen LogP contribution < -0.4 is 10.1 Å². The minimum Gasteiger partial charge on any atom is -0.497 e. The molecule has 0 atom stereocenters. The highest BCUT2D eigenvalue weighted by Crippen LogP contribution is 2.19. The summed E-state index contributed by atoms with van der Waals surface area (Å²) >= 11 is 6.12. The summed E-state index contributed by atoms with van der Waals surface area (Å²) in [6, 6.07) is 22.9. The average Bonchev–Trinajstić information content (AvgIpc) is 2.78. The topological polar surface area (TPSA) is 33.6 Å². The third kappa shape index (κ3) is 6.95. The molecule has 3 rings (SSSR count).